The van der Waals surface area contributed by atoms with Gasteiger partial charge in [-0.15, -0.1) is 6.58 Å². The molecule has 2 nitrogen and oxygen atoms in total. The minimum atomic E-state index is 0.853. The van der Waals surface area contributed by atoms with Crippen molar-refractivity contribution in [2.45, 2.75) is 0 Å². The van der Waals surface area contributed by atoms with Crippen molar-refractivity contribution in [2.24, 2.45) is 0 Å². The molecule has 0 radical (unpaired) electrons. The van der Waals surface area contributed by atoms with Gasteiger partial charge in [-0.3, -0.25) is 0 Å². The Morgan fingerprint density at radius 3 is 2.86 bits per heavy atom. The van der Waals surface area contributed by atoms with Crippen LogP contribution in [0.15, 0.2) is 12.7 Å². The molecule has 0 aromatic carbocycles. The quantitative estimate of drug-likeness (QED) is 0.294. The summed E-state index contributed by atoms with van der Waals surface area (Å²) < 4.78 is 0. The van der Waals surface area contributed by atoms with Crippen LogP contribution in [0.1, 0.15) is 0 Å². The summed E-state index contributed by atoms with van der Waals surface area (Å²) in [5, 5.41) is 6.00. The van der Waals surface area contributed by atoms with E-state index in [0.29, 0.717) is 0 Å². The van der Waals surface area contributed by atoms with E-state index in [1.54, 1.807) is 0 Å². The van der Waals surface area contributed by atoms with Crippen LogP contribution in [0.4, 0.5) is 0 Å². The lowest BCUT2D eigenvalue weighted by atomic mass is 10.6. The molecule has 2 heteroatoms. The lowest BCUT2D eigenvalue weighted by Crippen LogP contribution is -2.25. The topological polar surface area (TPSA) is 24.1 Å². The third-order valence-corrected chi connectivity index (χ3v) is 0.590. The molecule has 2 N–H and O–H groups in total. The first kappa shape index (κ1) is 6.66. The van der Waals surface area contributed by atoms with Crippen LogP contribution in [0.5, 0.6) is 0 Å². The Morgan fingerprint density at radius 2 is 2.43 bits per heavy atom. The van der Waals surface area contributed by atoms with E-state index in [4.69, 9.17) is 0 Å². The molecule has 0 saturated heterocycles. The highest BCUT2D eigenvalue weighted by atomic mass is 15.0. The molecular weight excluding hydrogens is 88.1 g/mol. The first-order valence-corrected chi connectivity index (χ1v) is 2.38. The molecule has 0 heterocycles. The van der Waals surface area contributed by atoms with E-state index in [1.807, 2.05) is 13.1 Å². The van der Waals surface area contributed by atoms with Crippen molar-refractivity contribution in [3.05, 3.63) is 12.7 Å². The summed E-state index contributed by atoms with van der Waals surface area (Å²) in [5.74, 6) is 0. The van der Waals surface area contributed by atoms with E-state index in [2.05, 4.69) is 17.2 Å². The van der Waals surface area contributed by atoms with Crippen molar-refractivity contribution in [2.75, 3.05) is 20.3 Å². The van der Waals surface area contributed by atoms with Gasteiger partial charge in [-0.1, -0.05) is 6.08 Å². The minimum absolute atomic E-state index is 0.853. The third kappa shape index (κ3) is 5.66. The van der Waals surface area contributed by atoms with Crippen molar-refractivity contribution < 1.29 is 0 Å². The minimum Gasteiger partial charge on any atom is -0.308 e. The Labute approximate surface area is 44.6 Å². The largest absolute Gasteiger partial charge is 0.308 e. The highest BCUT2D eigenvalue weighted by molar-refractivity contribution is 4.68. The highest BCUT2D eigenvalue weighted by Crippen LogP contribution is 1.53. The van der Waals surface area contributed by atoms with Crippen molar-refractivity contribution in [3.63, 3.8) is 0 Å². The van der Waals surface area contributed by atoms with Crippen molar-refractivity contribution >= 4 is 0 Å². The number of hydrogen-bond donors (Lipinski definition) is 2. The zero-order valence-corrected chi connectivity index (χ0v) is 4.70. The van der Waals surface area contributed by atoms with Crippen molar-refractivity contribution in [1.82, 2.24) is 10.6 Å². The molecule has 0 aliphatic rings. The van der Waals surface area contributed by atoms with Gasteiger partial charge in [0.05, 0.1) is 0 Å². The van der Waals surface area contributed by atoms with Crippen LogP contribution in [0.3, 0.4) is 0 Å². The SMILES string of the molecule is C=CCNCNC. The molecule has 42 valence electrons. The fourth-order valence-electron chi connectivity index (χ4n) is 0.299. The van der Waals surface area contributed by atoms with Gasteiger partial charge < -0.3 is 10.6 Å². The molecule has 0 saturated carbocycles. The van der Waals surface area contributed by atoms with Crippen LogP contribution >= 0.6 is 0 Å². The summed E-state index contributed by atoms with van der Waals surface area (Å²) in [6, 6.07) is 0. The van der Waals surface area contributed by atoms with E-state index in [-0.39, 0.29) is 0 Å². The summed E-state index contributed by atoms with van der Waals surface area (Å²) in [4.78, 5) is 0. The van der Waals surface area contributed by atoms with Gasteiger partial charge in [0.25, 0.3) is 0 Å². The Morgan fingerprint density at radius 1 is 1.71 bits per heavy atom. The third-order valence-electron chi connectivity index (χ3n) is 0.590. The van der Waals surface area contributed by atoms with Crippen molar-refractivity contribution in [3.8, 4) is 0 Å². The highest BCUT2D eigenvalue weighted by Gasteiger charge is 1.71. The van der Waals surface area contributed by atoms with Gasteiger partial charge in [0, 0.05) is 13.2 Å². The standard InChI is InChI=1S/C5H12N2/c1-3-4-7-5-6-2/h3,6-7H,1,4-5H2,2H3. The van der Waals surface area contributed by atoms with Crippen LogP contribution in [-0.4, -0.2) is 20.3 Å². The predicted molar refractivity (Wildman–Crippen MR) is 32.1 cm³/mol. The number of rotatable bonds is 4. The van der Waals surface area contributed by atoms with Gasteiger partial charge in [-0.05, 0) is 7.05 Å². The van der Waals surface area contributed by atoms with Crippen LogP contribution < -0.4 is 10.6 Å². The Balaban J connectivity index is 2.56. The Kier molecular flexibility index (Phi) is 5.39. The number of nitrogens with one attached hydrogen (secondary N) is 2. The molecule has 0 spiro atoms. The molecule has 0 aliphatic heterocycles. The molecule has 0 rings (SSSR count). The van der Waals surface area contributed by atoms with E-state index >= 15 is 0 Å². The molecule has 0 fully saturated rings. The zero-order chi connectivity index (χ0) is 5.54. The van der Waals surface area contributed by atoms with Gasteiger partial charge in [0.1, 0.15) is 0 Å². The van der Waals surface area contributed by atoms with Crippen LogP contribution in [0.2, 0.25) is 0 Å². The van der Waals surface area contributed by atoms with Crippen molar-refractivity contribution in [1.29, 1.82) is 0 Å². The number of hydrogen-bond acceptors (Lipinski definition) is 2. The molecular formula is C5H12N2. The Bertz CT molecular complexity index is 43.3. The summed E-state index contributed by atoms with van der Waals surface area (Å²) in [5.41, 5.74) is 0. The summed E-state index contributed by atoms with van der Waals surface area (Å²) in [7, 11) is 1.90. The summed E-state index contributed by atoms with van der Waals surface area (Å²) in [6.45, 7) is 5.27. The fourth-order valence-corrected chi connectivity index (χ4v) is 0.299. The van der Waals surface area contributed by atoms with E-state index in [9.17, 15) is 0 Å². The average molecular weight is 100 g/mol. The Hall–Kier alpha value is -0.340. The maximum Gasteiger partial charge on any atom is 0.0454 e. The van der Waals surface area contributed by atoms with Crippen LogP contribution in [-0.2, 0) is 0 Å². The zero-order valence-electron chi connectivity index (χ0n) is 4.70. The lowest BCUT2D eigenvalue weighted by molar-refractivity contribution is 0.675. The maximum atomic E-state index is 3.54. The fraction of sp³-hybridized carbons (Fsp3) is 0.600. The smallest absolute Gasteiger partial charge is 0.0454 e. The molecule has 7 heavy (non-hydrogen) atoms. The van der Waals surface area contributed by atoms with Gasteiger partial charge >= 0.3 is 0 Å². The second-order valence-corrected chi connectivity index (χ2v) is 1.27. The molecule has 0 unspecified atom stereocenters. The van der Waals surface area contributed by atoms with Gasteiger partial charge in [-0.25, -0.2) is 0 Å². The first-order chi connectivity index (χ1) is 3.41. The van der Waals surface area contributed by atoms with Gasteiger partial charge in [-0.2, -0.15) is 0 Å². The van der Waals surface area contributed by atoms with Gasteiger partial charge in [0.2, 0.25) is 0 Å². The van der Waals surface area contributed by atoms with Crippen LogP contribution in [0.25, 0.3) is 0 Å². The molecule has 0 aliphatic carbocycles. The van der Waals surface area contributed by atoms with E-state index < -0.39 is 0 Å². The van der Waals surface area contributed by atoms with E-state index in [0.717, 1.165) is 13.2 Å². The van der Waals surface area contributed by atoms with E-state index in [1.165, 1.54) is 0 Å². The maximum absolute atomic E-state index is 3.54. The average Bonchev–Trinajstić information content (AvgIpc) is 1.69. The monoisotopic (exact) mass is 100 g/mol. The molecule has 0 aromatic rings. The molecule has 0 atom stereocenters. The molecule has 0 amide bonds. The summed E-state index contributed by atoms with van der Waals surface area (Å²) in [6.07, 6.45) is 1.83. The lowest BCUT2D eigenvalue weighted by Gasteiger charge is -1.95. The second-order valence-electron chi connectivity index (χ2n) is 1.27. The second kappa shape index (κ2) is 5.66. The first-order valence-electron chi connectivity index (χ1n) is 2.38. The molecule has 0 bridgehead atoms. The normalized spacial score (nSPS) is 8.71. The van der Waals surface area contributed by atoms with Gasteiger partial charge in [0.15, 0.2) is 0 Å². The molecule has 0 aromatic heterocycles. The van der Waals surface area contributed by atoms with Crippen LogP contribution in [0, 0.1) is 0 Å². The predicted octanol–water partition coefficient (Wildman–Crippen LogP) is -0.0611. The summed E-state index contributed by atoms with van der Waals surface area (Å²) >= 11 is 0.